The number of hydrogen-bond acceptors (Lipinski definition) is 2. The zero-order valence-electron chi connectivity index (χ0n) is 8.64. The molecule has 0 atom stereocenters. The largest absolute Gasteiger partial charge is 0.347 e. The van der Waals surface area contributed by atoms with Gasteiger partial charge >= 0.3 is 0 Å². The van der Waals surface area contributed by atoms with Gasteiger partial charge in [0.15, 0.2) is 6.29 Å². The summed E-state index contributed by atoms with van der Waals surface area (Å²) >= 11 is 1.54. The molecule has 0 bridgehead atoms. The molecule has 0 N–H and O–H groups in total. The Labute approximate surface area is 93.2 Å². The lowest BCUT2D eigenvalue weighted by atomic mass is 10.3. The highest BCUT2D eigenvalue weighted by atomic mass is 32.1. The first kappa shape index (κ1) is 10.2. The number of aldehydes is 1. The molecule has 78 valence electrons. The molecule has 2 nitrogen and oxygen atoms in total. The standard InChI is InChI=1S/C12H13NOS/c1-2-7-13-8-3-4-11(13)12-6-5-10(9-14)15-12/h3-6,8-9H,2,7H2,1H3. The molecule has 0 radical (unpaired) electrons. The van der Waals surface area contributed by atoms with Crippen LogP contribution in [0.1, 0.15) is 23.0 Å². The minimum atomic E-state index is 0.786. The van der Waals surface area contributed by atoms with E-state index >= 15 is 0 Å². The van der Waals surface area contributed by atoms with Crippen LogP contribution >= 0.6 is 11.3 Å². The smallest absolute Gasteiger partial charge is 0.160 e. The molecule has 0 fully saturated rings. The van der Waals surface area contributed by atoms with Gasteiger partial charge < -0.3 is 4.57 Å². The van der Waals surface area contributed by atoms with Crippen molar-refractivity contribution in [2.24, 2.45) is 0 Å². The molecule has 0 saturated heterocycles. The number of rotatable bonds is 4. The second-order valence-electron chi connectivity index (χ2n) is 3.41. The molecule has 0 aliphatic carbocycles. The Morgan fingerprint density at radius 3 is 2.93 bits per heavy atom. The van der Waals surface area contributed by atoms with Crippen molar-refractivity contribution in [3.8, 4) is 10.6 Å². The second-order valence-corrected chi connectivity index (χ2v) is 4.52. The van der Waals surface area contributed by atoms with E-state index in [2.05, 4.69) is 23.8 Å². The topological polar surface area (TPSA) is 22.0 Å². The predicted molar refractivity (Wildman–Crippen MR) is 63.4 cm³/mol. The summed E-state index contributed by atoms with van der Waals surface area (Å²) in [6.45, 7) is 3.19. The fraction of sp³-hybridized carbons (Fsp3) is 0.250. The van der Waals surface area contributed by atoms with E-state index in [1.54, 1.807) is 11.3 Å². The highest BCUT2D eigenvalue weighted by Crippen LogP contribution is 2.27. The molecule has 3 heteroatoms. The highest BCUT2D eigenvalue weighted by molar-refractivity contribution is 7.17. The van der Waals surface area contributed by atoms with Gasteiger partial charge in [-0.05, 0) is 30.7 Å². The lowest BCUT2D eigenvalue weighted by molar-refractivity contribution is 0.112. The van der Waals surface area contributed by atoms with Crippen molar-refractivity contribution in [1.82, 2.24) is 4.57 Å². The Balaban J connectivity index is 2.35. The van der Waals surface area contributed by atoms with Crippen LogP contribution in [0.2, 0.25) is 0 Å². The van der Waals surface area contributed by atoms with Gasteiger partial charge in [-0.15, -0.1) is 11.3 Å². The lowest BCUT2D eigenvalue weighted by Crippen LogP contribution is -1.95. The molecule has 15 heavy (non-hydrogen) atoms. The maximum atomic E-state index is 10.6. The van der Waals surface area contributed by atoms with Crippen LogP contribution in [-0.2, 0) is 6.54 Å². The van der Waals surface area contributed by atoms with Gasteiger partial charge in [0.05, 0.1) is 15.4 Å². The Kier molecular flexibility index (Phi) is 3.02. The fourth-order valence-corrected chi connectivity index (χ4v) is 2.49. The van der Waals surface area contributed by atoms with E-state index in [1.165, 1.54) is 5.69 Å². The predicted octanol–water partition coefficient (Wildman–Crippen LogP) is 3.44. The van der Waals surface area contributed by atoms with Crippen molar-refractivity contribution < 1.29 is 4.79 Å². The van der Waals surface area contributed by atoms with E-state index in [1.807, 2.05) is 18.2 Å². The number of hydrogen-bond donors (Lipinski definition) is 0. The average Bonchev–Trinajstić information content (AvgIpc) is 2.85. The summed E-state index contributed by atoms with van der Waals surface area (Å²) in [4.78, 5) is 12.6. The van der Waals surface area contributed by atoms with Gasteiger partial charge in [-0.2, -0.15) is 0 Å². The van der Waals surface area contributed by atoms with Crippen LogP contribution < -0.4 is 0 Å². The number of aromatic nitrogens is 1. The SMILES string of the molecule is CCCn1cccc1-c1ccc(C=O)s1. The molecular formula is C12H13NOS. The van der Waals surface area contributed by atoms with Crippen LogP contribution in [0, 0.1) is 0 Å². The number of nitrogens with zero attached hydrogens (tertiary/aromatic N) is 1. The zero-order chi connectivity index (χ0) is 10.7. The summed E-state index contributed by atoms with van der Waals surface area (Å²) in [5.74, 6) is 0. The third-order valence-electron chi connectivity index (χ3n) is 2.29. The number of carbonyl (C=O) groups excluding carboxylic acids is 1. The summed E-state index contributed by atoms with van der Waals surface area (Å²) in [5, 5.41) is 0. The minimum absolute atomic E-state index is 0.786. The van der Waals surface area contributed by atoms with Gasteiger partial charge in [-0.3, -0.25) is 4.79 Å². The van der Waals surface area contributed by atoms with Gasteiger partial charge in [0.1, 0.15) is 0 Å². The summed E-state index contributed by atoms with van der Waals surface area (Å²) in [5.41, 5.74) is 1.20. The number of carbonyl (C=O) groups is 1. The normalized spacial score (nSPS) is 10.5. The van der Waals surface area contributed by atoms with Crippen LogP contribution in [0.25, 0.3) is 10.6 Å². The van der Waals surface area contributed by atoms with Crippen LogP contribution in [0.4, 0.5) is 0 Å². The van der Waals surface area contributed by atoms with Gasteiger partial charge in [-0.25, -0.2) is 0 Å². The third kappa shape index (κ3) is 2.02. The summed E-state index contributed by atoms with van der Waals surface area (Å²) < 4.78 is 2.22. The van der Waals surface area contributed by atoms with Crippen molar-refractivity contribution in [3.63, 3.8) is 0 Å². The van der Waals surface area contributed by atoms with Crippen molar-refractivity contribution in [2.45, 2.75) is 19.9 Å². The van der Waals surface area contributed by atoms with Crippen LogP contribution in [0.15, 0.2) is 30.5 Å². The fourth-order valence-electron chi connectivity index (χ4n) is 1.63. The molecule has 0 unspecified atom stereocenters. The average molecular weight is 219 g/mol. The van der Waals surface area contributed by atoms with E-state index in [4.69, 9.17) is 0 Å². The first-order chi connectivity index (χ1) is 7.35. The highest BCUT2D eigenvalue weighted by Gasteiger charge is 2.06. The van der Waals surface area contributed by atoms with E-state index in [9.17, 15) is 4.79 Å². The van der Waals surface area contributed by atoms with E-state index < -0.39 is 0 Å². The first-order valence-electron chi connectivity index (χ1n) is 5.05. The zero-order valence-corrected chi connectivity index (χ0v) is 9.46. The Bertz CT molecular complexity index is 456. The molecule has 0 aliphatic heterocycles. The third-order valence-corrected chi connectivity index (χ3v) is 3.32. The van der Waals surface area contributed by atoms with E-state index in [-0.39, 0.29) is 0 Å². The van der Waals surface area contributed by atoms with E-state index in [0.717, 1.165) is 29.0 Å². The van der Waals surface area contributed by atoms with Crippen LogP contribution in [0.3, 0.4) is 0 Å². The minimum Gasteiger partial charge on any atom is -0.347 e. The van der Waals surface area contributed by atoms with Gasteiger partial charge in [0.2, 0.25) is 0 Å². The number of aryl methyl sites for hydroxylation is 1. The van der Waals surface area contributed by atoms with Crippen LogP contribution in [0.5, 0.6) is 0 Å². The molecule has 2 aromatic heterocycles. The van der Waals surface area contributed by atoms with Gasteiger partial charge in [0, 0.05) is 12.7 Å². The van der Waals surface area contributed by atoms with E-state index in [0.29, 0.717) is 0 Å². The monoisotopic (exact) mass is 219 g/mol. The van der Waals surface area contributed by atoms with Crippen molar-refractivity contribution in [1.29, 1.82) is 0 Å². The maximum absolute atomic E-state index is 10.6. The molecular weight excluding hydrogens is 206 g/mol. The van der Waals surface area contributed by atoms with Crippen molar-refractivity contribution in [2.75, 3.05) is 0 Å². The number of thiophene rings is 1. The molecule has 0 spiro atoms. The summed E-state index contributed by atoms with van der Waals surface area (Å²) in [7, 11) is 0. The molecule has 0 saturated carbocycles. The molecule has 0 amide bonds. The van der Waals surface area contributed by atoms with Crippen molar-refractivity contribution in [3.05, 3.63) is 35.3 Å². The van der Waals surface area contributed by atoms with Crippen LogP contribution in [-0.4, -0.2) is 10.9 Å². The maximum Gasteiger partial charge on any atom is 0.160 e. The molecule has 2 rings (SSSR count). The Hall–Kier alpha value is -1.35. The van der Waals surface area contributed by atoms with Gasteiger partial charge in [0.25, 0.3) is 0 Å². The molecule has 2 aromatic rings. The molecule has 2 heterocycles. The van der Waals surface area contributed by atoms with Gasteiger partial charge in [-0.1, -0.05) is 6.92 Å². The second kappa shape index (κ2) is 4.45. The Morgan fingerprint density at radius 2 is 2.27 bits per heavy atom. The Morgan fingerprint density at radius 1 is 1.40 bits per heavy atom. The summed E-state index contributed by atoms with van der Waals surface area (Å²) in [6, 6.07) is 8.02. The quantitative estimate of drug-likeness (QED) is 0.722. The first-order valence-corrected chi connectivity index (χ1v) is 5.87. The molecule has 0 aromatic carbocycles. The van der Waals surface area contributed by atoms with Crippen molar-refractivity contribution >= 4 is 17.6 Å². The lowest BCUT2D eigenvalue weighted by Gasteiger charge is -2.05. The summed E-state index contributed by atoms with van der Waals surface area (Å²) in [6.07, 6.45) is 4.11. The molecule has 0 aliphatic rings.